The van der Waals surface area contributed by atoms with Crippen LogP contribution in [0, 0.1) is 5.92 Å². The molecule has 1 aliphatic carbocycles. The maximum absolute atomic E-state index is 12.6. The summed E-state index contributed by atoms with van der Waals surface area (Å²) in [5.41, 5.74) is 6.92. The monoisotopic (exact) mass is 449 g/mol. The number of benzene rings is 1. The van der Waals surface area contributed by atoms with E-state index in [1.54, 1.807) is 12.1 Å². The Bertz CT molecular complexity index is 1100. The summed E-state index contributed by atoms with van der Waals surface area (Å²) >= 11 is 0. The van der Waals surface area contributed by atoms with E-state index in [1.165, 1.54) is 28.9 Å². The number of alkyl halides is 3. The Hall–Kier alpha value is -3.01. The third-order valence-corrected chi connectivity index (χ3v) is 5.96. The summed E-state index contributed by atoms with van der Waals surface area (Å²) in [7, 11) is 0. The molecule has 0 amide bonds. The Morgan fingerprint density at radius 1 is 1.16 bits per heavy atom. The lowest BCUT2D eigenvalue weighted by Crippen LogP contribution is -2.37. The second kappa shape index (κ2) is 8.16. The average molecular weight is 449 g/mol. The molecule has 0 unspecified atom stereocenters. The van der Waals surface area contributed by atoms with Gasteiger partial charge in [-0.05, 0) is 63.1 Å². The van der Waals surface area contributed by atoms with Crippen LogP contribution < -0.4 is 15.8 Å². The van der Waals surface area contributed by atoms with Gasteiger partial charge in [0.2, 0.25) is 0 Å². The Kier molecular flexibility index (Phi) is 5.66. The van der Waals surface area contributed by atoms with Gasteiger partial charge in [-0.15, -0.1) is 13.2 Å². The van der Waals surface area contributed by atoms with Crippen molar-refractivity contribution in [3.8, 4) is 16.9 Å². The largest absolute Gasteiger partial charge is 0.573 e. The van der Waals surface area contributed by atoms with Crippen LogP contribution in [0.1, 0.15) is 39.5 Å². The van der Waals surface area contributed by atoms with Crippen molar-refractivity contribution in [2.24, 2.45) is 5.92 Å². The van der Waals surface area contributed by atoms with Gasteiger partial charge in [-0.25, -0.2) is 4.98 Å². The summed E-state index contributed by atoms with van der Waals surface area (Å²) in [5.74, 6) is 0.872. The number of rotatable bonds is 5. The fourth-order valence-electron chi connectivity index (χ4n) is 4.28. The number of nitrogens with zero attached hydrogens (tertiary/aromatic N) is 3. The van der Waals surface area contributed by atoms with Gasteiger partial charge in [-0.3, -0.25) is 0 Å². The Morgan fingerprint density at radius 3 is 2.53 bits per heavy atom. The van der Waals surface area contributed by atoms with Gasteiger partial charge in [0.1, 0.15) is 17.4 Å². The van der Waals surface area contributed by atoms with Crippen molar-refractivity contribution in [2.45, 2.75) is 57.5 Å². The number of nitrogens with one attached hydrogen (secondary N) is 1. The minimum Gasteiger partial charge on any atom is -0.406 e. The maximum atomic E-state index is 12.6. The summed E-state index contributed by atoms with van der Waals surface area (Å²) in [6.07, 6.45) is 0.341. The number of aromatic nitrogens is 3. The second-order valence-electron chi connectivity index (χ2n) is 8.78. The standard InChI is InChI=1S/C22H26F3N5O2/c1-21(2,31)14-6-8-15(9-7-14)28-19-11-18(26)30-20(29-19)17(12-27-30)13-4-3-5-16(10-13)32-22(23,24)25/h3-5,10-12,14-15,31H,6-9,26H2,1-2H3,(H,28,29)/t14-,15-. The van der Waals surface area contributed by atoms with Gasteiger partial charge >= 0.3 is 6.36 Å². The Morgan fingerprint density at radius 2 is 1.88 bits per heavy atom. The molecule has 1 aliphatic rings. The number of ether oxygens (including phenoxy) is 1. The predicted octanol–water partition coefficient (Wildman–Crippen LogP) is 4.62. The van der Waals surface area contributed by atoms with E-state index in [-0.39, 0.29) is 17.7 Å². The molecule has 10 heteroatoms. The Balaban J connectivity index is 1.58. The number of nitrogen functional groups attached to an aromatic ring is 1. The molecule has 172 valence electrons. The van der Waals surface area contributed by atoms with Crippen molar-refractivity contribution in [3.63, 3.8) is 0 Å². The Labute approximate surface area is 183 Å². The molecule has 0 atom stereocenters. The van der Waals surface area contributed by atoms with E-state index in [0.717, 1.165) is 25.7 Å². The number of halogens is 3. The summed E-state index contributed by atoms with van der Waals surface area (Å²) < 4.78 is 43.3. The van der Waals surface area contributed by atoms with E-state index in [9.17, 15) is 18.3 Å². The zero-order valence-electron chi connectivity index (χ0n) is 17.9. The highest BCUT2D eigenvalue weighted by Crippen LogP contribution is 2.34. The fraction of sp³-hybridized carbons (Fsp3) is 0.455. The summed E-state index contributed by atoms with van der Waals surface area (Å²) in [4.78, 5) is 4.64. The van der Waals surface area contributed by atoms with E-state index in [1.807, 2.05) is 13.8 Å². The molecule has 1 aromatic carbocycles. The van der Waals surface area contributed by atoms with E-state index < -0.39 is 12.0 Å². The lowest BCUT2D eigenvalue weighted by Gasteiger charge is -2.36. The molecule has 2 heterocycles. The highest BCUT2D eigenvalue weighted by Gasteiger charge is 2.32. The third kappa shape index (κ3) is 4.90. The normalized spacial score (nSPS) is 19.8. The minimum absolute atomic E-state index is 0.192. The zero-order chi connectivity index (χ0) is 23.1. The summed E-state index contributed by atoms with van der Waals surface area (Å²) in [6, 6.07) is 7.55. The molecule has 0 radical (unpaired) electrons. The number of fused-ring (bicyclic) bond motifs is 1. The van der Waals surface area contributed by atoms with Crippen LogP contribution in [0.15, 0.2) is 36.5 Å². The van der Waals surface area contributed by atoms with Crippen molar-refractivity contribution in [3.05, 3.63) is 36.5 Å². The van der Waals surface area contributed by atoms with Crippen LogP contribution in [-0.2, 0) is 0 Å². The first-order chi connectivity index (χ1) is 15.0. The first kappa shape index (κ1) is 22.2. The van der Waals surface area contributed by atoms with Crippen molar-refractivity contribution in [2.75, 3.05) is 11.1 Å². The third-order valence-electron chi connectivity index (χ3n) is 5.96. The summed E-state index contributed by atoms with van der Waals surface area (Å²) in [5, 5.41) is 17.9. The number of anilines is 2. The van der Waals surface area contributed by atoms with Crippen LogP contribution in [0.2, 0.25) is 0 Å². The lowest BCUT2D eigenvalue weighted by atomic mass is 9.77. The smallest absolute Gasteiger partial charge is 0.406 e. The zero-order valence-corrected chi connectivity index (χ0v) is 17.9. The van der Waals surface area contributed by atoms with E-state index in [0.29, 0.717) is 28.4 Å². The van der Waals surface area contributed by atoms with Crippen LogP contribution >= 0.6 is 0 Å². The van der Waals surface area contributed by atoms with E-state index >= 15 is 0 Å². The second-order valence-corrected chi connectivity index (χ2v) is 8.78. The molecular formula is C22H26F3N5O2. The van der Waals surface area contributed by atoms with Gasteiger partial charge in [0, 0.05) is 17.7 Å². The molecule has 4 rings (SSSR count). The van der Waals surface area contributed by atoms with Gasteiger partial charge in [-0.2, -0.15) is 9.61 Å². The molecule has 2 aromatic heterocycles. The van der Waals surface area contributed by atoms with Crippen LogP contribution in [0.3, 0.4) is 0 Å². The van der Waals surface area contributed by atoms with Crippen molar-refractivity contribution < 1.29 is 23.0 Å². The summed E-state index contributed by atoms with van der Waals surface area (Å²) in [6.45, 7) is 3.69. The molecule has 32 heavy (non-hydrogen) atoms. The molecule has 0 saturated heterocycles. The lowest BCUT2D eigenvalue weighted by molar-refractivity contribution is -0.274. The highest BCUT2D eigenvalue weighted by atomic mass is 19.4. The van der Waals surface area contributed by atoms with Crippen LogP contribution in [0.25, 0.3) is 16.8 Å². The van der Waals surface area contributed by atoms with Gasteiger partial charge in [0.25, 0.3) is 0 Å². The van der Waals surface area contributed by atoms with Crippen LogP contribution in [0.4, 0.5) is 24.8 Å². The molecule has 7 nitrogen and oxygen atoms in total. The molecule has 1 saturated carbocycles. The maximum Gasteiger partial charge on any atom is 0.573 e. The van der Waals surface area contributed by atoms with Crippen molar-refractivity contribution in [1.82, 2.24) is 14.6 Å². The van der Waals surface area contributed by atoms with Gasteiger partial charge in [-0.1, -0.05) is 12.1 Å². The predicted molar refractivity (Wildman–Crippen MR) is 115 cm³/mol. The first-order valence-electron chi connectivity index (χ1n) is 10.5. The van der Waals surface area contributed by atoms with Crippen LogP contribution in [-0.4, -0.2) is 37.7 Å². The first-order valence-corrected chi connectivity index (χ1v) is 10.5. The van der Waals surface area contributed by atoms with Gasteiger partial charge in [0.05, 0.1) is 11.8 Å². The van der Waals surface area contributed by atoms with E-state index in [4.69, 9.17) is 5.73 Å². The molecule has 4 N–H and O–H groups in total. The fourth-order valence-corrected chi connectivity index (χ4v) is 4.28. The number of nitrogens with two attached hydrogens (primary N) is 1. The highest BCUT2D eigenvalue weighted by molar-refractivity contribution is 5.79. The quantitative estimate of drug-likeness (QED) is 0.526. The number of hydrogen-bond donors (Lipinski definition) is 3. The minimum atomic E-state index is -4.77. The van der Waals surface area contributed by atoms with Crippen molar-refractivity contribution >= 4 is 17.3 Å². The number of aliphatic hydroxyl groups is 1. The SMILES string of the molecule is CC(C)(O)[C@H]1CC[C@H](Nc2cc(N)n3ncc(-c4cccc(OC(F)(F)F)c4)c3n2)CC1. The van der Waals surface area contributed by atoms with Crippen LogP contribution in [0.5, 0.6) is 5.75 Å². The van der Waals surface area contributed by atoms with Gasteiger partial charge < -0.3 is 20.9 Å². The molecule has 0 bridgehead atoms. The molecule has 0 spiro atoms. The molecule has 3 aromatic rings. The molecule has 0 aliphatic heterocycles. The van der Waals surface area contributed by atoms with Gasteiger partial charge in [0.15, 0.2) is 5.65 Å². The topological polar surface area (TPSA) is 97.7 Å². The average Bonchev–Trinajstić information content (AvgIpc) is 3.11. The van der Waals surface area contributed by atoms with E-state index in [2.05, 4.69) is 20.1 Å². The van der Waals surface area contributed by atoms with Crippen molar-refractivity contribution in [1.29, 1.82) is 0 Å². The molecule has 1 fully saturated rings. The molecular weight excluding hydrogens is 423 g/mol. The number of hydrogen-bond acceptors (Lipinski definition) is 6.